The van der Waals surface area contributed by atoms with Gasteiger partial charge in [-0.05, 0) is 38.5 Å². The molecule has 0 saturated carbocycles. The number of carbonyl (C=O) groups is 2. The molecular formula is C18H32N2O2. The van der Waals surface area contributed by atoms with E-state index in [0.717, 1.165) is 51.7 Å². The average Bonchev–Trinajstić information content (AvgIpc) is 2.52. The van der Waals surface area contributed by atoms with E-state index in [2.05, 4.69) is 11.8 Å². The van der Waals surface area contributed by atoms with Gasteiger partial charge in [0.2, 0.25) is 11.8 Å². The van der Waals surface area contributed by atoms with Crippen LogP contribution >= 0.6 is 0 Å². The Morgan fingerprint density at radius 3 is 2.18 bits per heavy atom. The Bertz CT molecular complexity index is 406. The van der Waals surface area contributed by atoms with Gasteiger partial charge in [-0.3, -0.25) is 9.59 Å². The first kappa shape index (κ1) is 17.3. The van der Waals surface area contributed by atoms with Crippen LogP contribution in [0.1, 0.15) is 66.2 Å². The van der Waals surface area contributed by atoms with E-state index in [9.17, 15) is 9.59 Å². The Labute approximate surface area is 135 Å². The molecule has 0 aliphatic carbocycles. The van der Waals surface area contributed by atoms with Crippen molar-refractivity contribution in [3.8, 4) is 0 Å². The molecule has 4 heteroatoms. The van der Waals surface area contributed by atoms with Crippen LogP contribution in [0, 0.1) is 11.3 Å². The molecule has 2 rings (SSSR count). The molecule has 0 aromatic rings. The van der Waals surface area contributed by atoms with Crippen LogP contribution < -0.4 is 0 Å². The summed E-state index contributed by atoms with van der Waals surface area (Å²) in [6.07, 6.45) is 6.27. The van der Waals surface area contributed by atoms with E-state index in [1.807, 2.05) is 25.7 Å². The maximum atomic E-state index is 12.8. The second-order valence-electron chi connectivity index (χ2n) is 7.91. The summed E-state index contributed by atoms with van der Waals surface area (Å²) in [5.41, 5.74) is -0.322. The van der Waals surface area contributed by atoms with Crippen LogP contribution in [0.3, 0.4) is 0 Å². The fourth-order valence-corrected chi connectivity index (χ4v) is 3.75. The number of rotatable bonds is 2. The van der Waals surface area contributed by atoms with Crippen LogP contribution in [0.5, 0.6) is 0 Å². The van der Waals surface area contributed by atoms with Gasteiger partial charge in [-0.2, -0.15) is 0 Å². The molecule has 2 saturated heterocycles. The van der Waals surface area contributed by atoms with Crippen molar-refractivity contribution in [2.45, 2.75) is 72.3 Å². The largest absolute Gasteiger partial charge is 0.342 e. The van der Waals surface area contributed by atoms with E-state index >= 15 is 0 Å². The van der Waals surface area contributed by atoms with Gasteiger partial charge in [-0.25, -0.2) is 0 Å². The van der Waals surface area contributed by atoms with Crippen molar-refractivity contribution in [2.75, 3.05) is 19.6 Å². The van der Waals surface area contributed by atoms with Gasteiger partial charge in [-0.1, -0.05) is 27.7 Å². The standard InChI is InChI=1S/C18H32N2O2/c1-5-15-8-6-7-11-20(15)16(21)14-9-12-19(13-10-14)17(22)18(2,3)4/h14-15H,5-13H2,1-4H3/t15-/m1/s1. The van der Waals surface area contributed by atoms with E-state index in [-0.39, 0.29) is 17.2 Å². The molecule has 2 aliphatic rings. The number of amides is 2. The number of likely N-dealkylation sites (tertiary alicyclic amines) is 2. The van der Waals surface area contributed by atoms with Gasteiger partial charge >= 0.3 is 0 Å². The Morgan fingerprint density at radius 1 is 1.00 bits per heavy atom. The van der Waals surface area contributed by atoms with Crippen molar-refractivity contribution in [1.29, 1.82) is 0 Å². The molecule has 2 aliphatic heterocycles. The smallest absolute Gasteiger partial charge is 0.227 e. The summed E-state index contributed by atoms with van der Waals surface area (Å²) in [6.45, 7) is 10.5. The Kier molecular flexibility index (Phi) is 5.51. The molecule has 0 unspecified atom stereocenters. The van der Waals surface area contributed by atoms with Crippen LogP contribution in [0.4, 0.5) is 0 Å². The van der Waals surface area contributed by atoms with Crippen LogP contribution in [-0.4, -0.2) is 47.3 Å². The summed E-state index contributed by atoms with van der Waals surface area (Å²) in [5.74, 6) is 0.674. The molecule has 1 atom stereocenters. The minimum Gasteiger partial charge on any atom is -0.342 e. The minimum atomic E-state index is -0.322. The van der Waals surface area contributed by atoms with Gasteiger partial charge < -0.3 is 9.80 Å². The fraction of sp³-hybridized carbons (Fsp3) is 0.889. The molecule has 0 radical (unpaired) electrons. The van der Waals surface area contributed by atoms with Gasteiger partial charge in [-0.15, -0.1) is 0 Å². The van der Waals surface area contributed by atoms with Gasteiger partial charge in [0.25, 0.3) is 0 Å². The normalized spacial score (nSPS) is 24.5. The van der Waals surface area contributed by atoms with E-state index in [1.165, 1.54) is 6.42 Å². The summed E-state index contributed by atoms with van der Waals surface area (Å²) >= 11 is 0. The number of hydrogen-bond donors (Lipinski definition) is 0. The topological polar surface area (TPSA) is 40.6 Å². The summed E-state index contributed by atoms with van der Waals surface area (Å²) in [4.78, 5) is 29.2. The van der Waals surface area contributed by atoms with Gasteiger partial charge in [0.1, 0.15) is 0 Å². The summed E-state index contributed by atoms with van der Waals surface area (Å²) < 4.78 is 0. The van der Waals surface area contributed by atoms with Crippen LogP contribution in [0.25, 0.3) is 0 Å². The molecule has 4 nitrogen and oxygen atoms in total. The molecule has 2 amide bonds. The predicted octanol–water partition coefficient (Wildman–Crippen LogP) is 3.06. The monoisotopic (exact) mass is 308 g/mol. The zero-order valence-corrected chi connectivity index (χ0v) is 14.7. The highest BCUT2D eigenvalue weighted by atomic mass is 16.2. The SMILES string of the molecule is CC[C@@H]1CCCCN1C(=O)C1CCN(C(=O)C(C)(C)C)CC1. The van der Waals surface area contributed by atoms with Gasteiger partial charge in [0.05, 0.1) is 0 Å². The molecule has 0 spiro atoms. The summed E-state index contributed by atoms with van der Waals surface area (Å²) in [5, 5.41) is 0. The van der Waals surface area contributed by atoms with E-state index in [0.29, 0.717) is 11.9 Å². The van der Waals surface area contributed by atoms with Crippen LogP contribution in [0.2, 0.25) is 0 Å². The van der Waals surface area contributed by atoms with Crippen molar-refractivity contribution in [3.05, 3.63) is 0 Å². The maximum absolute atomic E-state index is 12.8. The number of carbonyl (C=O) groups excluding carboxylic acids is 2. The fourth-order valence-electron chi connectivity index (χ4n) is 3.75. The first-order chi connectivity index (χ1) is 10.3. The third-order valence-corrected chi connectivity index (χ3v) is 5.15. The zero-order chi connectivity index (χ0) is 16.3. The van der Waals surface area contributed by atoms with Crippen molar-refractivity contribution < 1.29 is 9.59 Å². The maximum Gasteiger partial charge on any atom is 0.227 e. The van der Waals surface area contributed by atoms with Crippen molar-refractivity contribution in [2.24, 2.45) is 11.3 Å². The highest BCUT2D eigenvalue weighted by Gasteiger charge is 2.35. The molecule has 2 fully saturated rings. The number of piperidine rings is 2. The minimum absolute atomic E-state index is 0.121. The molecule has 22 heavy (non-hydrogen) atoms. The van der Waals surface area contributed by atoms with Crippen LogP contribution in [0.15, 0.2) is 0 Å². The number of hydrogen-bond acceptors (Lipinski definition) is 2. The quantitative estimate of drug-likeness (QED) is 0.786. The lowest BCUT2D eigenvalue weighted by Gasteiger charge is -2.40. The van der Waals surface area contributed by atoms with E-state index in [4.69, 9.17) is 0 Å². The van der Waals surface area contributed by atoms with Gasteiger partial charge in [0, 0.05) is 37.0 Å². The molecular weight excluding hydrogens is 276 g/mol. The molecule has 0 bridgehead atoms. The average molecular weight is 308 g/mol. The first-order valence-corrected chi connectivity index (χ1v) is 8.94. The zero-order valence-electron chi connectivity index (χ0n) is 14.7. The van der Waals surface area contributed by atoms with Gasteiger partial charge in [0.15, 0.2) is 0 Å². The Hall–Kier alpha value is -1.06. The van der Waals surface area contributed by atoms with Crippen molar-refractivity contribution in [1.82, 2.24) is 9.80 Å². The lowest BCUT2D eigenvalue weighted by Crippen LogP contribution is -2.50. The number of nitrogens with zero attached hydrogens (tertiary/aromatic N) is 2. The lowest BCUT2D eigenvalue weighted by molar-refractivity contribution is -0.146. The third-order valence-electron chi connectivity index (χ3n) is 5.15. The highest BCUT2D eigenvalue weighted by molar-refractivity contribution is 5.83. The second kappa shape index (κ2) is 7.01. The molecule has 0 aromatic carbocycles. The first-order valence-electron chi connectivity index (χ1n) is 8.94. The molecule has 0 aromatic heterocycles. The van der Waals surface area contributed by atoms with E-state index < -0.39 is 0 Å². The lowest BCUT2D eigenvalue weighted by atomic mass is 9.89. The summed E-state index contributed by atoms with van der Waals surface area (Å²) in [7, 11) is 0. The second-order valence-corrected chi connectivity index (χ2v) is 7.91. The molecule has 2 heterocycles. The molecule has 126 valence electrons. The predicted molar refractivity (Wildman–Crippen MR) is 88.4 cm³/mol. The Morgan fingerprint density at radius 2 is 1.64 bits per heavy atom. The molecule has 0 N–H and O–H groups in total. The van der Waals surface area contributed by atoms with Crippen molar-refractivity contribution >= 4 is 11.8 Å². The highest BCUT2D eigenvalue weighted by Crippen LogP contribution is 2.28. The van der Waals surface area contributed by atoms with Crippen LogP contribution in [-0.2, 0) is 9.59 Å². The summed E-state index contributed by atoms with van der Waals surface area (Å²) in [6, 6.07) is 0.440. The van der Waals surface area contributed by atoms with E-state index in [1.54, 1.807) is 0 Å². The third kappa shape index (κ3) is 3.82. The Balaban J connectivity index is 1.91. The van der Waals surface area contributed by atoms with Crippen molar-refractivity contribution in [3.63, 3.8) is 0 Å².